The molecule has 2 rings (SSSR count). The van der Waals surface area contributed by atoms with E-state index in [4.69, 9.17) is 4.74 Å². The third-order valence-corrected chi connectivity index (χ3v) is 3.44. The largest absolute Gasteiger partial charge is 0.494 e. The summed E-state index contributed by atoms with van der Waals surface area (Å²) in [6.45, 7) is 1.10. The minimum absolute atomic E-state index is 0.203. The van der Waals surface area contributed by atoms with Crippen LogP contribution in [0.2, 0.25) is 0 Å². The molecule has 1 saturated heterocycles. The lowest BCUT2D eigenvalue weighted by molar-refractivity contribution is 0.372. The van der Waals surface area contributed by atoms with Gasteiger partial charge in [-0.15, -0.1) is 0 Å². The Labute approximate surface area is 102 Å². The van der Waals surface area contributed by atoms with E-state index >= 15 is 0 Å². The van der Waals surface area contributed by atoms with Crippen LogP contribution in [0.1, 0.15) is 31.2 Å². The van der Waals surface area contributed by atoms with Gasteiger partial charge in [0.2, 0.25) is 0 Å². The maximum Gasteiger partial charge on any atom is 0.168 e. The smallest absolute Gasteiger partial charge is 0.168 e. The van der Waals surface area contributed by atoms with E-state index < -0.39 is 0 Å². The first kappa shape index (κ1) is 12.4. The van der Waals surface area contributed by atoms with Gasteiger partial charge in [-0.1, -0.05) is 18.6 Å². The van der Waals surface area contributed by atoms with Crippen molar-refractivity contribution in [2.75, 3.05) is 13.7 Å². The van der Waals surface area contributed by atoms with E-state index in [-0.39, 0.29) is 5.82 Å². The highest BCUT2D eigenvalue weighted by atomic mass is 19.1. The number of hydrogen-bond acceptors (Lipinski definition) is 2. The fourth-order valence-corrected chi connectivity index (χ4v) is 2.41. The number of benzene rings is 1. The maximum atomic E-state index is 13.9. The maximum absolute atomic E-state index is 13.9. The number of piperidine rings is 1. The van der Waals surface area contributed by atoms with E-state index in [1.54, 1.807) is 6.07 Å². The van der Waals surface area contributed by atoms with Crippen molar-refractivity contribution in [3.8, 4) is 5.75 Å². The number of rotatable bonds is 4. The summed E-state index contributed by atoms with van der Waals surface area (Å²) < 4.78 is 18.9. The highest BCUT2D eigenvalue weighted by Gasteiger charge is 2.14. The monoisotopic (exact) mass is 237 g/mol. The predicted molar refractivity (Wildman–Crippen MR) is 66.9 cm³/mol. The molecule has 3 heteroatoms. The van der Waals surface area contributed by atoms with Crippen LogP contribution in [0.15, 0.2) is 18.2 Å². The van der Waals surface area contributed by atoms with Crippen LogP contribution in [-0.2, 0) is 6.42 Å². The summed E-state index contributed by atoms with van der Waals surface area (Å²) in [5.74, 6) is 0.143. The topological polar surface area (TPSA) is 21.3 Å². The molecule has 2 nitrogen and oxygen atoms in total. The molecule has 0 bridgehead atoms. The zero-order valence-electron chi connectivity index (χ0n) is 10.3. The number of nitrogens with one attached hydrogen (secondary N) is 1. The van der Waals surface area contributed by atoms with Crippen LogP contribution < -0.4 is 10.1 Å². The highest BCUT2D eigenvalue weighted by molar-refractivity contribution is 5.31. The van der Waals surface area contributed by atoms with E-state index in [1.807, 2.05) is 12.1 Å². The lowest BCUT2D eigenvalue weighted by atomic mass is 9.98. The molecular weight excluding hydrogens is 217 g/mol. The Morgan fingerprint density at radius 1 is 1.41 bits per heavy atom. The molecule has 1 atom stereocenters. The number of hydrogen-bond donors (Lipinski definition) is 1. The molecule has 0 spiro atoms. The minimum atomic E-state index is -0.203. The third-order valence-electron chi connectivity index (χ3n) is 3.44. The van der Waals surface area contributed by atoms with Crippen molar-refractivity contribution in [3.63, 3.8) is 0 Å². The van der Waals surface area contributed by atoms with Crippen molar-refractivity contribution in [2.24, 2.45) is 0 Å². The van der Waals surface area contributed by atoms with Gasteiger partial charge in [0.05, 0.1) is 7.11 Å². The molecule has 0 radical (unpaired) electrons. The Morgan fingerprint density at radius 3 is 3.00 bits per heavy atom. The summed E-state index contributed by atoms with van der Waals surface area (Å²) in [6.07, 6.45) is 5.55. The third kappa shape index (κ3) is 3.19. The number of ether oxygens (including phenoxy) is 1. The summed E-state index contributed by atoms with van der Waals surface area (Å²) in [6, 6.07) is 5.92. The fraction of sp³-hybridized carbons (Fsp3) is 0.571. The van der Waals surface area contributed by atoms with Gasteiger partial charge in [0.1, 0.15) is 0 Å². The molecule has 1 aromatic rings. The lowest BCUT2D eigenvalue weighted by Gasteiger charge is -2.23. The molecule has 0 saturated carbocycles. The van der Waals surface area contributed by atoms with Gasteiger partial charge in [0.15, 0.2) is 11.6 Å². The second-order valence-corrected chi connectivity index (χ2v) is 4.62. The van der Waals surface area contributed by atoms with Gasteiger partial charge in [0, 0.05) is 6.04 Å². The molecule has 0 aliphatic carbocycles. The summed E-state index contributed by atoms with van der Waals surface area (Å²) in [4.78, 5) is 0. The molecule has 0 aromatic heterocycles. The Bertz CT molecular complexity index is 361. The van der Waals surface area contributed by atoms with Crippen LogP contribution >= 0.6 is 0 Å². The molecule has 1 heterocycles. The van der Waals surface area contributed by atoms with Gasteiger partial charge in [-0.05, 0) is 43.9 Å². The van der Waals surface area contributed by atoms with Crippen LogP contribution in [0.4, 0.5) is 4.39 Å². The molecule has 94 valence electrons. The number of aryl methyl sites for hydroxylation is 1. The van der Waals surface area contributed by atoms with Crippen LogP contribution in [0.5, 0.6) is 5.75 Å². The number of halogens is 1. The van der Waals surface area contributed by atoms with E-state index in [0.29, 0.717) is 11.8 Å². The standard InChI is InChI=1S/C14H20FNO/c1-17-13-7-4-5-11(14(13)15)8-9-12-6-2-3-10-16-12/h4-5,7,12,16H,2-3,6,8-10H2,1H3. The zero-order valence-corrected chi connectivity index (χ0v) is 10.3. The summed E-state index contributed by atoms with van der Waals surface area (Å²) in [5, 5.41) is 3.48. The summed E-state index contributed by atoms with van der Waals surface area (Å²) in [5.41, 5.74) is 0.761. The first-order chi connectivity index (χ1) is 8.31. The molecule has 1 N–H and O–H groups in total. The van der Waals surface area contributed by atoms with Gasteiger partial charge in [-0.25, -0.2) is 4.39 Å². The van der Waals surface area contributed by atoms with E-state index in [9.17, 15) is 4.39 Å². The van der Waals surface area contributed by atoms with Crippen LogP contribution in [-0.4, -0.2) is 19.7 Å². The lowest BCUT2D eigenvalue weighted by Crippen LogP contribution is -2.34. The van der Waals surface area contributed by atoms with Gasteiger partial charge in [-0.3, -0.25) is 0 Å². The zero-order chi connectivity index (χ0) is 12.1. The molecule has 1 fully saturated rings. The van der Waals surface area contributed by atoms with Crippen LogP contribution in [0.25, 0.3) is 0 Å². The average Bonchev–Trinajstić information content (AvgIpc) is 2.39. The van der Waals surface area contributed by atoms with Gasteiger partial charge < -0.3 is 10.1 Å². The molecule has 1 aliphatic rings. The first-order valence-electron chi connectivity index (χ1n) is 6.36. The first-order valence-corrected chi connectivity index (χ1v) is 6.36. The molecule has 1 unspecified atom stereocenters. The Kier molecular flexibility index (Phi) is 4.37. The van der Waals surface area contributed by atoms with Crippen molar-refractivity contribution >= 4 is 0 Å². The van der Waals surface area contributed by atoms with Crippen molar-refractivity contribution in [2.45, 2.75) is 38.1 Å². The quantitative estimate of drug-likeness (QED) is 0.869. The van der Waals surface area contributed by atoms with E-state index in [0.717, 1.165) is 24.9 Å². The summed E-state index contributed by atoms with van der Waals surface area (Å²) >= 11 is 0. The Balaban J connectivity index is 1.93. The Morgan fingerprint density at radius 2 is 2.29 bits per heavy atom. The number of methoxy groups -OCH3 is 1. The Hall–Kier alpha value is -1.09. The van der Waals surface area contributed by atoms with Crippen LogP contribution in [0.3, 0.4) is 0 Å². The predicted octanol–water partition coefficient (Wildman–Crippen LogP) is 2.91. The molecular formula is C14H20FNO. The fourth-order valence-electron chi connectivity index (χ4n) is 2.41. The van der Waals surface area contributed by atoms with E-state index in [2.05, 4.69) is 5.32 Å². The van der Waals surface area contributed by atoms with Crippen molar-refractivity contribution in [1.82, 2.24) is 5.32 Å². The van der Waals surface area contributed by atoms with Gasteiger partial charge in [0.25, 0.3) is 0 Å². The normalized spacial score (nSPS) is 20.2. The van der Waals surface area contributed by atoms with Crippen molar-refractivity contribution in [3.05, 3.63) is 29.6 Å². The van der Waals surface area contributed by atoms with E-state index in [1.165, 1.54) is 26.4 Å². The minimum Gasteiger partial charge on any atom is -0.494 e. The SMILES string of the molecule is COc1cccc(CCC2CCCCN2)c1F. The summed E-state index contributed by atoms with van der Waals surface area (Å²) in [7, 11) is 1.50. The molecule has 0 amide bonds. The second-order valence-electron chi connectivity index (χ2n) is 4.62. The highest BCUT2D eigenvalue weighted by Crippen LogP contribution is 2.22. The van der Waals surface area contributed by atoms with Crippen LogP contribution in [0, 0.1) is 5.82 Å². The molecule has 1 aliphatic heterocycles. The van der Waals surface area contributed by atoms with Crippen molar-refractivity contribution < 1.29 is 9.13 Å². The van der Waals surface area contributed by atoms with Gasteiger partial charge >= 0.3 is 0 Å². The average molecular weight is 237 g/mol. The second kappa shape index (κ2) is 6.01. The molecule has 17 heavy (non-hydrogen) atoms. The molecule has 1 aromatic carbocycles. The van der Waals surface area contributed by atoms with Gasteiger partial charge in [-0.2, -0.15) is 0 Å². The van der Waals surface area contributed by atoms with Crippen molar-refractivity contribution in [1.29, 1.82) is 0 Å².